The van der Waals surface area contributed by atoms with Gasteiger partial charge in [0.05, 0.1) is 14.2 Å². The van der Waals surface area contributed by atoms with Gasteiger partial charge in [0, 0.05) is 27.3 Å². The minimum absolute atomic E-state index is 0.193. The average molecular weight is 460 g/mol. The third kappa shape index (κ3) is 3.85. The van der Waals surface area contributed by atoms with Gasteiger partial charge >= 0.3 is 5.97 Å². The van der Waals surface area contributed by atoms with Crippen LogP contribution in [0, 0.1) is 0 Å². The maximum absolute atomic E-state index is 12.8. The zero-order valence-electron chi connectivity index (χ0n) is 17.8. The third-order valence-electron chi connectivity index (χ3n) is 5.26. The van der Waals surface area contributed by atoms with E-state index in [0.29, 0.717) is 39.2 Å². The molecule has 2 aliphatic heterocycles. The topological polar surface area (TPSA) is 66.4 Å². The number of allylic oxidation sites excluding steroid dienone is 2. The second kappa shape index (κ2) is 8.48. The summed E-state index contributed by atoms with van der Waals surface area (Å²) in [6.45, 7) is 0. The van der Waals surface area contributed by atoms with Crippen molar-refractivity contribution in [1.29, 1.82) is 0 Å². The van der Waals surface area contributed by atoms with Crippen LogP contribution in [-0.2, 0) is 9.53 Å². The van der Waals surface area contributed by atoms with Gasteiger partial charge < -0.3 is 18.9 Å². The number of carbonyl (C=O) groups excluding carboxylic acids is 1. The molecule has 0 saturated heterocycles. The number of methoxy groups -OCH3 is 2. The van der Waals surface area contributed by atoms with E-state index in [2.05, 4.69) is 4.99 Å². The van der Waals surface area contributed by atoms with E-state index in [4.69, 9.17) is 30.5 Å². The van der Waals surface area contributed by atoms with Crippen molar-refractivity contribution < 1.29 is 23.7 Å². The van der Waals surface area contributed by atoms with Crippen molar-refractivity contribution >= 4 is 34.8 Å². The van der Waals surface area contributed by atoms with Gasteiger partial charge in [-0.05, 0) is 48.5 Å². The van der Waals surface area contributed by atoms with Crippen molar-refractivity contribution in [3.63, 3.8) is 0 Å². The largest absolute Gasteiger partial charge is 0.493 e. The Hall–Kier alpha value is -4.03. The number of nitrogens with zero attached hydrogens (tertiary/aromatic N) is 1. The number of cyclic esters (lactones) is 1. The molecular formula is C26H18ClNO5. The van der Waals surface area contributed by atoms with Crippen LogP contribution < -0.4 is 14.2 Å². The first kappa shape index (κ1) is 20.8. The third-order valence-corrected chi connectivity index (χ3v) is 5.50. The molecule has 0 bridgehead atoms. The molecule has 0 spiro atoms. The Kier molecular flexibility index (Phi) is 5.36. The van der Waals surface area contributed by atoms with Crippen LogP contribution in [0.15, 0.2) is 83.5 Å². The maximum atomic E-state index is 12.8. The predicted molar refractivity (Wildman–Crippen MR) is 126 cm³/mol. The summed E-state index contributed by atoms with van der Waals surface area (Å²) in [5.41, 5.74) is 2.91. The number of halogens is 1. The first-order valence-corrected chi connectivity index (χ1v) is 10.5. The van der Waals surface area contributed by atoms with E-state index in [1.165, 1.54) is 0 Å². The molecule has 0 amide bonds. The highest BCUT2D eigenvalue weighted by Crippen LogP contribution is 2.41. The van der Waals surface area contributed by atoms with E-state index < -0.39 is 5.97 Å². The van der Waals surface area contributed by atoms with E-state index in [9.17, 15) is 4.79 Å². The zero-order valence-corrected chi connectivity index (χ0v) is 18.6. The summed E-state index contributed by atoms with van der Waals surface area (Å²) < 4.78 is 22.4. The molecule has 164 valence electrons. The Morgan fingerprint density at radius 3 is 2.45 bits per heavy atom. The fraction of sp³-hybridized carbons (Fsp3) is 0.0769. The summed E-state index contributed by atoms with van der Waals surface area (Å²) in [7, 11) is 3.15. The van der Waals surface area contributed by atoms with Gasteiger partial charge in [-0.3, -0.25) is 0 Å². The van der Waals surface area contributed by atoms with Crippen LogP contribution >= 0.6 is 11.6 Å². The Balaban J connectivity index is 1.66. The summed E-state index contributed by atoms with van der Waals surface area (Å²) in [4.78, 5) is 17.4. The van der Waals surface area contributed by atoms with Crippen LogP contribution in [0.4, 0.5) is 0 Å². The minimum atomic E-state index is -0.542. The Bertz CT molecular complexity index is 1370. The standard InChI is InChI=1S/C26H18ClNO5/c1-30-21-11-10-15(13-23(21)31-2)22-14-19(18-8-3-4-9-20(18)32-22)24-26(29)33-25(28-24)16-6-5-7-17(27)12-16/h3-14H,1-2H3/b24-19-. The number of hydrogen-bond donors (Lipinski definition) is 0. The van der Waals surface area contributed by atoms with Gasteiger partial charge in [0.1, 0.15) is 11.5 Å². The molecule has 2 aliphatic rings. The highest BCUT2D eigenvalue weighted by molar-refractivity contribution is 6.31. The van der Waals surface area contributed by atoms with Crippen LogP contribution in [0.1, 0.15) is 16.7 Å². The van der Waals surface area contributed by atoms with Gasteiger partial charge in [0.25, 0.3) is 0 Å². The number of para-hydroxylation sites is 1. The molecule has 6 nitrogen and oxygen atoms in total. The number of ether oxygens (including phenoxy) is 4. The van der Waals surface area contributed by atoms with Crippen molar-refractivity contribution in [1.82, 2.24) is 0 Å². The lowest BCUT2D eigenvalue weighted by Gasteiger charge is -2.21. The van der Waals surface area contributed by atoms with Gasteiger partial charge in [-0.1, -0.05) is 35.9 Å². The molecule has 0 aromatic heterocycles. The highest BCUT2D eigenvalue weighted by atomic mass is 35.5. The number of aliphatic imine (C=N–C) groups is 1. The smallest absolute Gasteiger partial charge is 0.364 e. The van der Waals surface area contributed by atoms with Crippen molar-refractivity contribution in [3.8, 4) is 17.2 Å². The van der Waals surface area contributed by atoms with E-state index in [1.54, 1.807) is 50.6 Å². The SMILES string of the molecule is COc1ccc(C2=C/C(=C3/N=C(c4cccc(Cl)c4)OC3=O)c3ccccc3O2)cc1OC. The maximum Gasteiger partial charge on any atom is 0.364 e. The van der Waals surface area contributed by atoms with E-state index in [-0.39, 0.29) is 11.6 Å². The molecule has 5 rings (SSSR count). The van der Waals surface area contributed by atoms with Crippen LogP contribution in [0.3, 0.4) is 0 Å². The molecule has 33 heavy (non-hydrogen) atoms. The average Bonchev–Trinajstić information content (AvgIpc) is 3.24. The molecule has 0 unspecified atom stereocenters. The molecule has 0 radical (unpaired) electrons. The van der Waals surface area contributed by atoms with Gasteiger partial charge in [-0.15, -0.1) is 0 Å². The quantitative estimate of drug-likeness (QED) is 0.380. The predicted octanol–water partition coefficient (Wildman–Crippen LogP) is 5.51. The lowest BCUT2D eigenvalue weighted by Crippen LogP contribution is -2.08. The minimum Gasteiger partial charge on any atom is -0.493 e. The summed E-state index contributed by atoms with van der Waals surface area (Å²) in [5.74, 6) is 1.97. The number of fused-ring (bicyclic) bond motifs is 1. The number of rotatable bonds is 4. The van der Waals surface area contributed by atoms with Gasteiger partial charge in [-0.25, -0.2) is 9.79 Å². The summed E-state index contributed by atoms with van der Waals surface area (Å²) in [6.07, 6.45) is 1.78. The van der Waals surface area contributed by atoms with E-state index >= 15 is 0 Å². The zero-order chi connectivity index (χ0) is 22.9. The molecule has 7 heteroatoms. The monoisotopic (exact) mass is 459 g/mol. The highest BCUT2D eigenvalue weighted by Gasteiger charge is 2.31. The Morgan fingerprint density at radius 2 is 1.67 bits per heavy atom. The lowest BCUT2D eigenvalue weighted by molar-refractivity contribution is -0.129. The fourth-order valence-electron chi connectivity index (χ4n) is 3.68. The molecule has 0 N–H and O–H groups in total. The Morgan fingerprint density at radius 1 is 0.848 bits per heavy atom. The summed E-state index contributed by atoms with van der Waals surface area (Å²) in [6, 6.07) is 19.9. The summed E-state index contributed by atoms with van der Waals surface area (Å²) >= 11 is 6.09. The fourth-order valence-corrected chi connectivity index (χ4v) is 3.87. The molecule has 3 aromatic rings. The van der Waals surface area contributed by atoms with Gasteiger partial charge in [-0.2, -0.15) is 0 Å². The molecule has 0 aliphatic carbocycles. The first-order chi connectivity index (χ1) is 16.1. The molecule has 0 atom stereocenters. The van der Waals surface area contributed by atoms with Crippen molar-refractivity contribution in [2.24, 2.45) is 4.99 Å². The van der Waals surface area contributed by atoms with Gasteiger partial charge in [0.15, 0.2) is 17.2 Å². The molecule has 0 fully saturated rings. The van der Waals surface area contributed by atoms with Crippen molar-refractivity contribution in [2.75, 3.05) is 14.2 Å². The second-order valence-electron chi connectivity index (χ2n) is 7.26. The number of carbonyl (C=O) groups is 1. The van der Waals surface area contributed by atoms with Crippen LogP contribution in [0.25, 0.3) is 11.3 Å². The number of benzene rings is 3. The molecule has 3 aromatic carbocycles. The molecule has 2 heterocycles. The first-order valence-electron chi connectivity index (χ1n) is 10.1. The van der Waals surface area contributed by atoms with Crippen molar-refractivity contribution in [3.05, 3.63) is 100 Å². The van der Waals surface area contributed by atoms with Crippen molar-refractivity contribution in [2.45, 2.75) is 0 Å². The molecular weight excluding hydrogens is 442 g/mol. The lowest BCUT2D eigenvalue weighted by atomic mass is 9.97. The second-order valence-corrected chi connectivity index (χ2v) is 7.69. The van der Waals surface area contributed by atoms with Crippen LogP contribution in [0.2, 0.25) is 5.02 Å². The van der Waals surface area contributed by atoms with E-state index in [0.717, 1.165) is 11.1 Å². The normalized spacial score (nSPS) is 16.9. The van der Waals surface area contributed by atoms with Crippen LogP contribution in [0.5, 0.6) is 17.2 Å². The van der Waals surface area contributed by atoms with E-state index in [1.807, 2.05) is 36.4 Å². The number of hydrogen-bond acceptors (Lipinski definition) is 6. The molecule has 0 saturated carbocycles. The summed E-state index contributed by atoms with van der Waals surface area (Å²) in [5, 5.41) is 0.527. The van der Waals surface area contributed by atoms with Gasteiger partial charge in [0.2, 0.25) is 5.90 Å². The van der Waals surface area contributed by atoms with Crippen LogP contribution in [-0.4, -0.2) is 26.1 Å². The Labute approximate surface area is 195 Å². The number of esters is 1.